The van der Waals surface area contributed by atoms with Crippen LogP contribution in [0.15, 0.2) is 36.4 Å². The molecule has 1 aromatic rings. The molecule has 0 aliphatic rings. The van der Waals surface area contributed by atoms with Crippen LogP contribution in [0.25, 0.3) is 6.08 Å². The van der Waals surface area contributed by atoms with Gasteiger partial charge in [0, 0.05) is 0 Å². The molecule has 0 saturated carbocycles. The average molecular weight is 768 g/mol. The average Bonchev–Trinajstić information content (AvgIpc) is 3.19. The predicted molar refractivity (Wildman–Crippen MR) is 233 cm³/mol. The van der Waals surface area contributed by atoms with Crippen molar-refractivity contribution in [2.45, 2.75) is 231 Å². The van der Waals surface area contributed by atoms with Crippen LogP contribution in [0.4, 0.5) is 0 Å². The monoisotopic (exact) mass is 768 g/mol. The topological polar surface area (TPSA) is 95.7 Å². The SMILES string of the molecule is CCCCCCCCCCCCCCCCCCOC(=O)C[C@@](N)(C(=O)/C=C/c1ccccc1)C(=O)OCCCCCCCCCCCCCCCCCC. The van der Waals surface area contributed by atoms with Gasteiger partial charge in [-0.2, -0.15) is 0 Å². The Morgan fingerprint density at radius 1 is 0.491 bits per heavy atom. The molecule has 0 amide bonds. The summed E-state index contributed by atoms with van der Waals surface area (Å²) in [6, 6.07) is 9.32. The highest BCUT2D eigenvalue weighted by atomic mass is 16.5. The van der Waals surface area contributed by atoms with Gasteiger partial charge < -0.3 is 15.2 Å². The summed E-state index contributed by atoms with van der Waals surface area (Å²) in [6.45, 7) is 4.98. The molecular weight excluding hydrogens is 683 g/mol. The first-order valence-corrected chi connectivity index (χ1v) is 23.3. The van der Waals surface area contributed by atoms with Gasteiger partial charge in [0.1, 0.15) is 0 Å². The van der Waals surface area contributed by atoms with Crippen LogP contribution in [-0.2, 0) is 23.9 Å². The van der Waals surface area contributed by atoms with Crippen molar-refractivity contribution in [1.82, 2.24) is 0 Å². The Morgan fingerprint density at radius 2 is 0.818 bits per heavy atom. The lowest BCUT2D eigenvalue weighted by Crippen LogP contribution is -2.56. The molecule has 316 valence electrons. The van der Waals surface area contributed by atoms with Crippen LogP contribution in [0, 0.1) is 0 Å². The second-order valence-electron chi connectivity index (χ2n) is 16.2. The molecule has 1 atom stereocenters. The minimum atomic E-state index is -2.12. The van der Waals surface area contributed by atoms with Gasteiger partial charge in [0.15, 0.2) is 11.3 Å². The molecule has 0 aromatic heterocycles. The van der Waals surface area contributed by atoms with Crippen LogP contribution in [0.3, 0.4) is 0 Å². The highest BCUT2D eigenvalue weighted by molar-refractivity contribution is 6.16. The Balaban J connectivity index is 2.28. The van der Waals surface area contributed by atoms with E-state index in [1.807, 2.05) is 30.3 Å². The van der Waals surface area contributed by atoms with Crippen LogP contribution < -0.4 is 5.73 Å². The molecule has 55 heavy (non-hydrogen) atoms. The minimum absolute atomic E-state index is 0.181. The molecule has 0 radical (unpaired) electrons. The zero-order chi connectivity index (χ0) is 39.9. The normalized spacial score (nSPS) is 12.6. The highest BCUT2D eigenvalue weighted by Crippen LogP contribution is 2.18. The Morgan fingerprint density at radius 3 is 1.18 bits per heavy atom. The zero-order valence-corrected chi connectivity index (χ0v) is 35.9. The Kier molecular flexibility index (Phi) is 34.1. The third kappa shape index (κ3) is 29.4. The molecule has 1 aromatic carbocycles. The Labute approximate surface area is 338 Å². The summed E-state index contributed by atoms with van der Waals surface area (Å²) >= 11 is 0. The van der Waals surface area contributed by atoms with E-state index in [1.54, 1.807) is 6.08 Å². The fraction of sp³-hybridized carbons (Fsp3) is 0.776. The number of carbonyl (C=O) groups is 3. The van der Waals surface area contributed by atoms with E-state index in [0.717, 1.165) is 37.7 Å². The second kappa shape index (κ2) is 37.1. The number of esters is 2. The van der Waals surface area contributed by atoms with E-state index in [1.165, 1.54) is 173 Å². The molecule has 0 aliphatic carbocycles. The van der Waals surface area contributed by atoms with Gasteiger partial charge in [0.05, 0.1) is 19.6 Å². The van der Waals surface area contributed by atoms with Gasteiger partial charge in [0.25, 0.3) is 0 Å². The first-order valence-electron chi connectivity index (χ1n) is 23.3. The molecule has 6 nitrogen and oxygen atoms in total. The quantitative estimate of drug-likeness (QED) is 0.0309. The van der Waals surface area contributed by atoms with Gasteiger partial charge in [-0.15, -0.1) is 0 Å². The van der Waals surface area contributed by atoms with Crippen molar-refractivity contribution < 1.29 is 23.9 Å². The number of carbonyl (C=O) groups excluding carboxylic acids is 3. The molecule has 0 bridgehead atoms. The molecule has 1 rings (SSSR count). The Bertz CT molecular complexity index is 1070. The third-order valence-electron chi connectivity index (χ3n) is 10.9. The van der Waals surface area contributed by atoms with Crippen molar-refractivity contribution in [2.24, 2.45) is 5.73 Å². The molecule has 2 N–H and O–H groups in total. The summed E-state index contributed by atoms with van der Waals surface area (Å²) in [5.74, 6) is -2.17. The fourth-order valence-corrected chi connectivity index (χ4v) is 7.20. The first kappa shape index (κ1) is 50.5. The van der Waals surface area contributed by atoms with Crippen molar-refractivity contribution in [3.8, 4) is 0 Å². The molecule has 0 heterocycles. The Hall–Kier alpha value is -2.47. The second-order valence-corrected chi connectivity index (χ2v) is 16.2. The van der Waals surface area contributed by atoms with Crippen LogP contribution in [-0.4, -0.2) is 36.5 Å². The van der Waals surface area contributed by atoms with Crippen molar-refractivity contribution in [1.29, 1.82) is 0 Å². The zero-order valence-electron chi connectivity index (χ0n) is 35.9. The number of nitrogens with two attached hydrogens (primary N) is 1. The lowest BCUT2D eigenvalue weighted by Gasteiger charge is -2.24. The van der Waals surface area contributed by atoms with Crippen LogP contribution in [0.5, 0.6) is 0 Å². The summed E-state index contributed by atoms with van der Waals surface area (Å²) in [5, 5.41) is 0. The minimum Gasteiger partial charge on any atom is -0.466 e. The van der Waals surface area contributed by atoms with Crippen LogP contribution in [0.1, 0.15) is 231 Å². The largest absolute Gasteiger partial charge is 0.466 e. The molecule has 0 fully saturated rings. The summed E-state index contributed by atoms with van der Waals surface area (Å²) in [7, 11) is 0. The molecule has 0 aliphatic heterocycles. The lowest BCUT2D eigenvalue weighted by molar-refractivity contribution is -0.159. The number of hydrogen-bond acceptors (Lipinski definition) is 6. The predicted octanol–water partition coefficient (Wildman–Crippen LogP) is 14.0. The van der Waals surface area contributed by atoms with Crippen molar-refractivity contribution in [3.05, 3.63) is 42.0 Å². The third-order valence-corrected chi connectivity index (χ3v) is 10.9. The van der Waals surface area contributed by atoms with Gasteiger partial charge in [-0.05, 0) is 24.5 Å². The van der Waals surface area contributed by atoms with E-state index in [9.17, 15) is 14.4 Å². The van der Waals surface area contributed by atoms with E-state index in [0.29, 0.717) is 6.42 Å². The van der Waals surface area contributed by atoms with Crippen LogP contribution in [0.2, 0.25) is 0 Å². The van der Waals surface area contributed by atoms with Crippen molar-refractivity contribution >= 4 is 23.8 Å². The number of benzene rings is 1. The van der Waals surface area contributed by atoms with E-state index in [-0.39, 0.29) is 13.2 Å². The van der Waals surface area contributed by atoms with Gasteiger partial charge >= 0.3 is 11.9 Å². The summed E-state index contributed by atoms with van der Waals surface area (Å²) in [5.41, 5.74) is 5.09. The molecule has 6 heteroatoms. The maximum absolute atomic E-state index is 13.3. The van der Waals surface area contributed by atoms with E-state index in [2.05, 4.69) is 13.8 Å². The van der Waals surface area contributed by atoms with E-state index in [4.69, 9.17) is 15.2 Å². The smallest absolute Gasteiger partial charge is 0.334 e. The van der Waals surface area contributed by atoms with Gasteiger partial charge in [-0.1, -0.05) is 243 Å². The maximum Gasteiger partial charge on any atom is 0.334 e. The number of hydrogen-bond donors (Lipinski definition) is 1. The van der Waals surface area contributed by atoms with Gasteiger partial charge in [-0.3, -0.25) is 9.59 Å². The summed E-state index contributed by atoms with van der Waals surface area (Å²) in [6.07, 6.45) is 42.8. The lowest BCUT2D eigenvalue weighted by atomic mass is 9.90. The van der Waals surface area contributed by atoms with Gasteiger partial charge in [-0.25, -0.2) is 4.79 Å². The van der Waals surface area contributed by atoms with Crippen molar-refractivity contribution in [3.63, 3.8) is 0 Å². The van der Waals surface area contributed by atoms with E-state index < -0.39 is 29.7 Å². The van der Waals surface area contributed by atoms with E-state index >= 15 is 0 Å². The number of unbranched alkanes of at least 4 members (excludes halogenated alkanes) is 30. The van der Waals surface area contributed by atoms with Gasteiger partial charge in [0.2, 0.25) is 0 Å². The summed E-state index contributed by atoms with van der Waals surface area (Å²) < 4.78 is 11.0. The molecule has 0 saturated heterocycles. The number of ketones is 1. The molecule has 0 spiro atoms. The molecular formula is C49H85NO5. The number of rotatable bonds is 40. The van der Waals surface area contributed by atoms with Crippen LogP contribution >= 0.6 is 0 Å². The highest BCUT2D eigenvalue weighted by Gasteiger charge is 2.44. The standard InChI is InChI=1S/C49H85NO5/c1-3-5-7-9-11-13-15-17-19-21-23-25-27-29-31-36-42-54-47(52)44-49(50,46(51)41-40-45-38-34-33-35-39-45)48(53)55-43-37-32-30-28-26-24-22-20-18-16-14-12-10-8-6-4-2/h33-35,38-41H,3-32,36-37,42-44,50H2,1-2H3/b41-40+/t49-/m1/s1. The molecule has 0 unspecified atom stereocenters. The first-order chi connectivity index (χ1) is 26.9. The maximum atomic E-state index is 13.3. The fourth-order valence-electron chi connectivity index (χ4n) is 7.20. The summed E-state index contributed by atoms with van der Waals surface area (Å²) in [4.78, 5) is 39.4. The van der Waals surface area contributed by atoms with Crippen molar-refractivity contribution in [2.75, 3.05) is 13.2 Å². The number of ether oxygens (including phenoxy) is 2.